The Balaban J connectivity index is 1.83. The quantitative estimate of drug-likeness (QED) is 0.764. The first-order chi connectivity index (χ1) is 9.58. The lowest BCUT2D eigenvalue weighted by molar-refractivity contribution is -0.117. The van der Waals surface area contributed by atoms with E-state index in [0.717, 1.165) is 25.7 Å². The number of methoxy groups -OCH3 is 1. The van der Waals surface area contributed by atoms with Gasteiger partial charge in [-0.15, -0.1) is 0 Å². The van der Waals surface area contributed by atoms with Crippen LogP contribution < -0.4 is 11.1 Å². The fourth-order valence-electron chi connectivity index (χ4n) is 2.72. The number of nitrogens with two attached hydrogens (primary N) is 1. The molecule has 0 saturated heterocycles. The zero-order valence-corrected chi connectivity index (χ0v) is 11.6. The van der Waals surface area contributed by atoms with Gasteiger partial charge in [0, 0.05) is 19.7 Å². The Morgan fingerprint density at radius 3 is 2.95 bits per heavy atom. The van der Waals surface area contributed by atoms with E-state index in [0.29, 0.717) is 18.0 Å². The molecule has 1 aliphatic carbocycles. The van der Waals surface area contributed by atoms with Crippen LogP contribution >= 0.6 is 0 Å². The van der Waals surface area contributed by atoms with E-state index >= 15 is 0 Å². The number of amides is 2. The Hall–Kier alpha value is -1.82. The number of carbonyl (C=O) groups is 2. The van der Waals surface area contributed by atoms with Crippen molar-refractivity contribution in [2.75, 3.05) is 12.4 Å². The van der Waals surface area contributed by atoms with Crippen molar-refractivity contribution < 1.29 is 14.3 Å². The molecule has 2 atom stereocenters. The standard InChI is InChI=1S/C14H21N3O3/c1-20-11-4-2-3-9(5-11)6-13(18)17-10-7-12(14(15)19)16-8-10/h7-9,11,16H,2-6H2,1H3,(H2,15,19)(H,17,18). The fourth-order valence-corrected chi connectivity index (χ4v) is 2.72. The van der Waals surface area contributed by atoms with Gasteiger partial charge in [0.1, 0.15) is 5.69 Å². The van der Waals surface area contributed by atoms with E-state index in [9.17, 15) is 9.59 Å². The molecule has 1 aromatic heterocycles. The number of carbonyl (C=O) groups excluding carboxylic acids is 2. The molecule has 2 rings (SSSR count). The summed E-state index contributed by atoms with van der Waals surface area (Å²) in [6, 6.07) is 1.54. The first-order valence-electron chi connectivity index (χ1n) is 6.89. The number of primary amides is 1. The largest absolute Gasteiger partial charge is 0.381 e. The molecule has 2 amide bonds. The SMILES string of the molecule is COC1CCCC(CC(=O)Nc2c[nH]c(C(N)=O)c2)C1. The van der Waals surface area contributed by atoms with Crippen LogP contribution in [0.15, 0.2) is 12.3 Å². The summed E-state index contributed by atoms with van der Waals surface area (Å²) < 4.78 is 5.36. The van der Waals surface area contributed by atoms with Gasteiger partial charge in [-0.1, -0.05) is 6.42 Å². The van der Waals surface area contributed by atoms with Crippen LogP contribution in [0.25, 0.3) is 0 Å². The number of hydrogen-bond donors (Lipinski definition) is 3. The molecule has 1 heterocycles. The van der Waals surface area contributed by atoms with Crippen molar-refractivity contribution in [3.8, 4) is 0 Å². The number of rotatable bonds is 5. The molecule has 2 unspecified atom stereocenters. The number of aromatic nitrogens is 1. The molecule has 1 fully saturated rings. The highest BCUT2D eigenvalue weighted by molar-refractivity contribution is 5.95. The Bertz CT molecular complexity index is 484. The maximum Gasteiger partial charge on any atom is 0.265 e. The summed E-state index contributed by atoms with van der Waals surface area (Å²) in [5.41, 5.74) is 6.00. The minimum absolute atomic E-state index is 0.0400. The molecule has 110 valence electrons. The van der Waals surface area contributed by atoms with Gasteiger partial charge in [-0.3, -0.25) is 9.59 Å². The van der Waals surface area contributed by atoms with E-state index in [1.54, 1.807) is 19.4 Å². The number of ether oxygens (including phenoxy) is 1. The molecule has 6 nitrogen and oxygen atoms in total. The van der Waals surface area contributed by atoms with Crippen molar-refractivity contribution in [3.63, 3.8) is 0 Å². The predicted octanol–water partition coefficient (Wildman–Crippen LogP) is 1.65. The highest BCUT2D eigenvalue weighted by Gasteiger charge is 2.23. The van der Waals surface area contributed by atoms with Gasteiger partial charge in [0.15, 0.2) is 0 Å². The molecule has 0 bridgehead atoms. The molecule has 4 N–H and O–H groups in total. The molecule has 1 aliphatic rings. The maximum atomic E-state index is 12.0. The van der Waals surface area contributed by atoms with Crippen LogP contribution in [0.1, 0.15) is 42.6 Å². The molecule has 1 saturated carbocycles. The van der Waals surface area contributed by atoms with Gasteiger partial charge in [0.2, 0.25) is 5.91 Å². The van der Waals surface area contributed by atoms with Crippen molar-refractivity contribution >= 4 is 17.5 Å². The van der Waals surface area contributed by atoms with E-state index in [1.807, 2.05) is 0 Å². The third-order valence-electron chi connectivity index (χ3n) is 3.77. The van der Waals surface area contributed by atoms with Crippen LogP contribution in [0, 0.1) is 5.92 Å². The van der Waals surface area contributed by atoms with Gasteiger partial charge in [-0.25, -0.2) is 0 Å². The lowest BCUT2D eigenvalue weighted by atomic mass is 9.85. The van der Waals surface area contributed by atoms with Crippen molar-refractivity contribution in [2.24, 2.45) is 11.7 Å². The van der Waals surface area contributed by atoms with Gasteiger partial charge in [0.05, 0.1) is 11.8 Å². The summed E-state index contributed by atoms with van der Waals surface area (Å²) in [5, 5.41) is 2.78. The highest BCUT2D eigenvalue weighted by atomic mass is 16.5. The Morgan fingerprint density at radius 2 is 2.30 bits per heavy atom. The zero-order chi connectivity index (χ0) is 14.5. The minimum Gasteiger partial charge on any atom is -0.381 e. The van der Waals surface area contributed by atoms with E-state index in [1.165, 1.54) is 0 Å². The van der Waals surface area contributed by atoms with Crippen molar-refractivity contribution in [1.82, 2.24) is 4.98 Å². The molecule has 0 radical (unpaired) electrons. The molecule has 20 heavy (non-hydrogen) atoms. The van der Waals surface area contributed by atoms with Crippen molar-refractivity contribution in [3.05, 3.63) is 18.0 Å². The monoisotopic (exact) mass is 279 g/mol. The van der Waals surface area contributed by atoms with Gasteiger partial charge in [-0.2, -0.15) is 0 Å². The fraction of sp³-hybridized carbons (Fsp3) is 0.571. The number of H-pyrrole nitrogens is 1. The number of aromatic amines is 1. The van der Waals surface area contributed by atoms with Crippen LogP contribution in [0.2, 0.25) is 0 Å². The van der Waals surface area contributed by atoms with Crippen LogP contribution in [-0.2, 0) is 9.53 Å². The van der Waals surface area contributed by atoms with Crippen molar-refractivity contribution in [2.45, 2.75) is 38.2 Å². The second kappa shape index (κ2) is 6.56. The lowest BCUT2D eigenvalue weighted by Crippen LogP contribution is -2.25. The molecular weight excluding hydrogens is 258 g/mol. The van der Waals surface area contributed by atoms with Gasteiger partial charge in [0.25, 0.3) is 5.91 Å². The van der Waals surface area contributed by atoms with Crippen LogP contribution in [0.4, 0.5) is 5.69 Å². The van der Waals surface area contributed by atoms with Crippen LogP contribution in [0.5, 0.6) is 0 Å². The van der Waals surface area contributed by atoms with Crippen LogP contribution in [0.3, 0.4) is 0 Å². The minimum atomic E-state index is -0.541. The van der Waals surface area contributed by atoms with Gasteiger partial charge < -0.3 is 20.8 Å². The summed E-state index contributed by atoms with van der Waals surface area (Å²) >= 11 is 0. The summed E-state index contributed by atoms with van der Waals surface area (Å²) in [7, 11) is 1.72. The zero-order valence-electron chi connectivity index (χ0n) is 11.6. The van der Waals surface area contributed by atoms with E-state index in [-0.39, 0.29) is 17.7 Å². The predicted molar refractivity (Wildman–Crippen MR) is 75.3 cm³/mol. The smallest absolute Gasteiger partial charge is 0.265 e. The normalized spacial score (nSPS) is 22.4. The summed E-state index contributed by atoms with van der Waals surface area (Å²) in [6.07, 6.45) is 6.50. The first kappa shape index (κ1) is 14.6. The van der Waals surface area contributed by atoms with E-state index in [4.69, 9.17) is 10.5 Å². The maximum absolute atomic E-state index is 12.0. The number of hydrogen-bond acceptors (Lipinski definition) is 3. The first-order valence-corrected chi connectivity index (χ1v) is 6.89. The molecule has 6 heteroatoms. The summed E-state index contributed by atoms with van der Waals surface area (Å²) in [6.45, 7) is 0. The Labute approximate surface area is 118 Å². The number of nitrogens with one attached hydrogen (secondary N) is 2. The van der Waals surface area contributed by atoms with Gasteiger partial charge in [-0.05, 0) is 31.2 Å². The highest BCUT2D eigenvalue weighted by Crippen LogP contribution is 2.28. The summed E-state index contributed by atoms with van der Waals surface area (Å²) in [4.78, 5) is 25.6. The van der Waals surface area contributed by atoms with Gasteiger partial charge >= 0.3 is 0 Å². The summed E-state index contributed by atoms with van der Waals surface area (Å²) in [5.74, 6) is -0.217. The second-order valence-corrected chi connectivity index (χ2v) is 5.31. The third-order valence-corrected chi connectivity index (χ3v) is 3.77. The topological polar surface area (TPSA) is 97.2 Å². The average molecular weight is 279 g/mol. The molecule has 1 aromatic rings. The van der Waals surface area contributed by atoms with E-state index in [2.05, 4.69) is 10.3 Å². The molecule has 0 aliphatic heterocycles. The Morgan fingerprint density at radius 1 is 1.50 bits per heavy atom. The average Bonchev–Trinajstić information content (AvgIpc) is 2.87. The number of anilines is 1. The second-order valence-electron chi connectivity index (χ2n) is 5.31. The van der Waals surface area contributed by atoms with E-state index < -0.39 is 5.91 Å². The Kier molecular flexibility index (Phi) is 4.79. The molecule has 0 spiro atoms. The third kappa shape index (κ3) is 3.84. The molecular formula is C14H21N3O3. The molecule has 0 aromatic carbocycles. The van der Waals surface area contributed by atoms with Crippen LogP contribution in [-0.4, -0.2) is 30.0 Å². The van der Waals surface area contributed by atoms with Crippen molar-refractivity contribution in [1.29, 1.82) is 0 Å². The lowest BCUT2D eigenvalue weighted by Gasteiger charge is -2.27.